The smallest absolute Gasteiger partial charge is 0.322 e. The molecule has 22 heavy (non-hydrogen) atoms. The fourth-order valence-corrected chi connectivity index (χ4v) is 2.73. The second-order valence-corrected chi connectivity index (χ2v) is 5.77. The molecule has 1 aliphatic rings. The Morgan fingerprint density at radius 3 is 2.73 bits per heavy atom. The Morgan fingerprint density at radius 2 is 2.14 bits per heavy atom. The van der Waals surface area contributed by atoms with Gasteiger partial charge in [-0.05, 0) is 43.9 Å². The number of carbonyl (C=O) groups excluding carboxylic acids is 2. The van der Waals surface area contributed by atoms with Crippen molar-refractivity contribution >= 4 is 17.6 Å². The molecule has 0 radical (unpaired) electrons. The highest BCUT2D eigenvalue weighted by Crippen LogP contribution is 2.23. The van der Waals surface area contributed by atoms with Crippen LogP contribution in [0.4, 0.5) is 14.9 Å². The second kappa shape index (κ2) is 6.77. The van der Waals surface area contributed by atoms with Gasteiger partial charge in [-0.2, -0.15) is 0 Å². The van der Waals surface area contributed by atoms with Crippen LogP contribution in [0.25, 0.3) is 0 Å². The lowest BCUT2D eigenvalue weighted by atomic mass is 9.93. The second-order valence-electron chi connectivity index (χ2n) is 5.77. The number of halogens is 1. The zero-order valence-corrected chi connectivity index (χ0v) is 12.9. The summed E-state index contributed by atoms with van der Waals surface area (Å²) in [5.41, 5.74) is 6.35. The highest BCUT2D eigenvalue weighted by molar-refractivity contribution is 5.90. The molecule has 2 rings (SSSR count). The Labute approximate surface area is 129 Å². The maximum atomic E-state index is 13.8. The van der Waals surface area contributed by atoms with Crippen LogP contribution in [0.15, 0.2) is 18.2 Å². The summed E-state index contributed by atoms with van der Waals surface area (Å²) in [6.45, 7) is 4.10. The van der Waals surface area contributed by atoms with E-state index >= 15 is 0 Å². The van der Waals surface area contributed by atoms with Gasteiger partial charge in [-0.15, -0.1) is 0 Å². The first kappa shape index (κ1) is 16.3. The van der Waals surface area contributed by atoms with E-state index in [0.717, 1.165) is 6.42 Å². The van der Waals surface area contributed by atoms with Crippen molar-refractivity contribution in [3.8, 4) is 0 Å². The zero-order valence-electron chi connectivity index (χ0n) is 12.9. The summed E-state index contributed by atoms with van der Waals surface area (Å²) in [6, 6.07) is 4.35. The molecule has 3 N–H and O–H groups in total. The molecule has 1 saturated heterocycles. The number of nitrogens with one attached hydrogen (secondary N) is 1. The lowest BCUT2D eigenvalue weighted by Crippen LogP contribution is -2.50. The summed E-state index contributed by atoms with van der Waals surface area (Å²) < 4.78 is 13.8. The van der Waals surface area contributed by atoms with Crippen molar-refractivity contribution < 1.29 is 14.0 Å². The molecule has 0 spiro atoms. The molecule has 0 aliphatic carbocycles. The normalized spacial score (nSPS) is 21.5. The first-order valence-corrected chi connectivity index (χ1v) is 7.57. The van der Waals surface area contributed by atoms with Gasteiger partial charge in [0.1, 0.15) is 5.82 Å². The molecule has 6 heteroatoms. The summed E-state index contributed by atoms with van der Waals surface area (Å²) >= 11 is 0. The van der Waals surface area contributed by atoms with Gasteiger partial charge < -0.3 is 16.0 Å². The largest absolute Gasteiger partial charge is 0.369 e. The van der Waals surface area contributed by atoms with E-state index in [1.807, 2.05) is 13.8 Å². The van der Waals surface area contributed by atoms with Crippen molar-refractivity contribution in [3.05, 3.63) is 29.6 Å². The van der Waals surface area contributed by atoms with Crippen molar-refractivity contribution in [1.29, 1.82) is 0 Å². The third-order valence-electron chi connectivity index (χ3n) is 4.23. The van der Waals surface area contributed by atoms with E-state index in [9.17, 15) is 14.0 Å². The summed E-state index contributed by atoms with van der Waals surface area (Å²) in [5.74, 6) is -1.04. The van der Waals surface area contributed by atoms with Crippen LogP contribution in [0.2, 0.25) is 0 Å². The number of nitrogens with two attached hydrogens (primary N) is 1. The van der Waals surface area contributed by atoms with Gasteiger partial charge in [0.15, 0.2) is 0 Å². The van der Waals surface area contributed by atoms with Crippen molar-refractivity contribution in [2.75, 3.05) is 11.9 Å². The van der Waals surface area contributed by atoms with E-state index in [1.54, 1.807) is 17.0 Å². The number of benzene rings is 1. The highest BCUT2D eigenvalue weighted by Gasteiger charge is 2.31. The SMILES string of the molecule is CCc1ccc(NC(=O)N2CC(C(N)=O)CCC2C)cc1F. The number of hydrogen-bond acceptors (Lipinski definition) is 2. The number of primary amides is 1. The number of nitrogens with zero attached hydrogens (tertiary/aromatic N) is 1. The Kier molecular flexibility index (Phi) is 5.00. The molecule has 1 heterocycles. The topological polar surface area (TPSA) is 75.4 Å². The molecule has 1 fully saturated rings. The van der Waals surface area contributed by atoms with Crippen molar-refractivity contribution in [1.82, 2.24) is 4.90 Å². The predicted octanol–water partition coefficient (Wildman–Crippen LogP) is 2.51. The van der Waals surface area contributed by atoms with Crippen molar-refractivity contribution in [2.45, 2.75) is 39.2 Å². The van der Waals surface area contributed by atoms with Gasteiger partial charge in [0.05, 0.1) is 5.92 Å². The number of likely N-dealkylation sites (tertiary alicyclic amines) is 1. The van der Waals surface area contributed by atoms with Crippen molar-refractivity contribution in [3.63, 3.8) is 0 Å². The minimum absolute atomic E-state index is 0.0235. The molecule has 1 aliphatic heterocycles. The maximum absolute atomic E-state index is 13.8. The van der Waals surface area contributed by atoms with E-state index in [-0.39, 0.29) is 29.7 Å². The molecular weight excluding hydrogens is 285 g/mol. The number of urea groups is 1. The Morgan fingerprint density at radius 1 is 1.41 bits per heavy atom. The number of carbonyl (C=O) groups is 2. The minimum atomic E-state index is -0.386. The highest BCUT2D eigenvalue weighted by atomic mass is 19.1. The van der Waals surface area contributed by atoms with Gasteiger partial charge in [-0.1, -0.05) is 13.0 Å². The molecule has 1 aromatic carbocycles. The molecule has 5 nitrogen and oxygen atoms in total. The predicted molar refractivity (Wildman–Crippen MR) is 82.9 cm³/mol. The van der Waals surface area contributed by atoms with E-state index in [2.05, 4.69) is 5.32 Å². The molecule has 120 valence electrons. The average molecular weight is 307 g/mol. The molecule has 0 bridgehead atoms. The van der Waals surface area contributed by atoms with Crippen molar-refractivity contribution in [2.24, 2.45) is 11.7 Å². The Hall–Kier alpha value is -2.11. The molecule has 2 atom stereocenters. The third-order valence-corrected chi connectivity index (χ3v) is 4.23. The van der Waals surface area contributed by atoms with E-state index in [1.165, 1.54) is 6.07 Å². The van der Waals surface area contributed by atoms with Crippen LogP contribution in [-0.4, -0.2) is 29.4 Å². The monoisotopic (exact) mass is 307 g/mol. The van der Waals surface area contributed by atoms with Crippen LogP contribution in [0.3, 0.4) is 0 Å². The molecular formula is C16H22FN3O2. The van der Waals surface area contributed by atoms with Gasteiger partial charge in [0.2, 0.25) is 5.91 Å². The summed E-state index contributed by atoms with van der Waals surface area (Å²) in [7, 11) is 0. The van der Waals surface area contributed by atoms with Gasteiger partial charge in [-0.3, -0.25) is 4.79 Å². The fourth-order valence-electron chi connectivity index (χ4n) is 2.73. The molecule has 3 amide bonds. The Bertz CT molecular complexity index is 577. The Balaban J connectivity index is 2.07. The molecule has 2 unspecified atom stereocenters. The van der Waals surface area contributed by atoms with Crippen LogP contribution in [-0.2, 0) is 11.2 Å². The van der Waals surface area contributed by atoms with Crippen LogP contribution < -0.4 is 11.1 Å². The number of anilines is 1. The van der Waals surface area contributed by atoms with Gasteiger partial charge >= 0.3 is 6.03 Å². The lowest BCUT2D eigenvalue weighted by molar-refractivity contribution is -0.123. The standard InChI is InChI=1S/C16H22FN3O2/c1-3-11-6-7-13(8-14(11)17)19-16(22)20-9-12(15(18)21)5-4-10(20)2/h6-8,10,12H,3-5,9H2,1-2H3,(H2,18,21)(H,19,22). The van der Waals surface area contributed by atoms with Gasteiger partial charge in [0.25, 0.3) is 0 Å². The summed E-state index contributed by atoms with van der Waals surface area (Å²) in [4.78, 5) is 25.3. The quantitative estimate of drug-likeness (QED) is 0.900. The molecule has 1 aromatic rings. The first-order chi connectivity index (χ1) is 10.4. The van der Waals surface area contributed by atoms with Crippen LogP contribution in [0.1, 0.15) is 32.3 Å². The minimum Gasteiger partial charge on any atom is -0.369 e. The lowest BCUT2D eigenvalue weighted by Gasteiger charge is -2.36. The first-order valence-electron chi connectivity index (χ1n) is 7.57. The fraction of sp³-hybridized carbons (Fsp3) is 0.500. The summed E-state index contributed by atoms with van der Waals surface area (Å²) in [5, 5.41) is 2.69. The van der Waals surface area contributed by atoms with E-state index in [0.29, 0.717) is 30.6 Å². The summed E-state index contributed by atoms with van der Waals surface area (Å²) in [6.07, 6.45) is 2.02. The maximum Gasteiger partial charge on any atom is 0.322 e. The number of aryl methyl sites for hydroxylation is 1. The number of amides is 3. The number of hydrogen-bond donors (Lipinski definition) is 2. The van der Waals surface area contributed by atoms with Gasteiger partial charge in [-0.25, -0.2) is 9.18 Å². The van der Waals surface area contributed by atoms with Crippen LogP contribution in [0.5, 0.6) is 0 Å². The van der Waals surface area contributed by atoms with E-state index in [4.69, 9.17) is 5.73 Å². The number of rotatable bonds is 3. The molecule has 0 aromatic heterocycles. The van der Waals surface area contributed by atoms with Crippen LogP contribution >= 0.6 is 0 Å². The van der Waals surface area contributed by atoms with Gasteiger partial charge in [0, 0.05) is 18.3 Å². The third kappa shape index (κ3) is 3.55. The van der Waals surface area contributed by atoms with Crippen LogP contribution in [0, 0.1) is 11.7 Å². The molecule has 0 saturated carbocycles. The average Bonchev–Trinajstić information content (AvgIpc) is 2.47. The number of piperidine rings is 1. The van der Waals surface area contributed by atoms with E-state index < -0.39 is 0 Å². The zero-order chi connectivity index (χ0) is 16.3.